The second-order valence-electron chi connectivity index (χ2n) is 8.14. The average Bonchev–Trinajstić information content (AvgIpc) is 3.12. The van der Waals surface area contributed by atoms with Crippen LogP contribution in [0, 0.1) is 0 Å². The van der Waals surface area contributed by atoms with Crippen molar-refractivity contribution in [3.63, 3.8) is 0 Å². The van der Waals surface area contributed by atoms with Gasteiger partial charge < -0.3 is 14.9 Å². The number of nitrogens with zero attached hydrogens (tertiary/aromatic N) is 3. The Kier molecular flexibility index (Phi) is 5.33. The number of aromatic nitrogens is 3. The quantitative estimate of drug-likeness (QED) is 0.504. The highest BCUT2D eigenvalue weighted by Gasteiger charge is 2.21. The van der Waals surface area contributed by atoms with Crippen LogP contribution in [0.25, 0.3) is 10.9 Å². The Balaban J connectivity index is 1.74. The van der Waals surface area contributed by atoms with Gasteiger partial charge in [-0.15, -0.1) is 0 Å². The van der Waals surface area contributed by atoms with E-state index in [2.05, 4.69) is 36.1 Å². The summed E-state index contributed by atoms with van der Waals surface area (Å²) in [6.07, 6.45) is 2.97. The lowest BCUT2D eigenvalue weighted by molar-refractivity contribution is 0.0987. The molecule has 31 heavy (non-hydrogen) atoms. The van der Waals surface area contributed by atoms with Crippen LogP contribution in [-0.4, -0.2) is 27.7 Å². The molecule has 7 heteroatoms. The van der Waals surface area contributed by atoms with Gasteiger partial charge >= 0.3 is 0 Å². The predicted octanol–water partition coefficient (Wildman–Crippen LogP) is 4.83. The van der Waals surface area contributed by atoms with Crippen molar-refractivity contribution in [2.24, 2.45) is 0 Å². The minimum absolute atomic E-state index is 0.0726. The molecule has 0 aliphatic heterocycles. The zero-order chi connectivity index (χ0) is 22.0. The number of fused-ring (bicyclic) bond motifs is 1. The number of carbonyl (C=O) groups excluding carboxylic acids is 1. The normalized spacial score (nSPS) is 11.4. The number of amides is 1. The number of anilines is 1. The van der Waals surface area contributed by atoms with Gasteiger partial charge in [0.15, 0.2) is 0 Å². The van der Waals surface area contributed by atoms with Crippen molar-refractivity contribution in [2.75, 3.05) is 12.4 Å². The number of ether oxygens (including phenoxy) is 1. The van der Waals surface area contributed by atoms with Crippen LogP contribution in [0.3, 0.4) is 0 Å². The topological polar surface area (TPSA) is 78.3 Å². The summed E-state index contributed by atoms with van der Waals surface area (Å²) >= 11 is 0. The molecule has 7 nitrogen and oxygen atoms in total. The van der Waals surface area contributed by atoms with Crippen molar-refractivity contribution in [1.82, 2.24) is 14.7 Å². The molecule has 158 valence electrons. The lowest BCUT2D eigenvalue weighted by Gasteiger charge is -2.21. The van der Waals surface area contributed by atoms with Crippen molar-refractivity contribution in [1.29, 1.82) is 0 Å². The number of hydrogen-bond donors (Lipinski definition) is 1. The highest BCUT2D eigenvalue weighted by molar-refractivity contribution is 6.07. The van der Waals surface area contributed by atoms with E-state index in [0.717, 1.165) is 16.5 Å². The second-order valence-corrected chi connectivity index (χ2v) is 8.14. The predicted molar refractivity (Wildman–Crippen MR) is 120 cm³/mol. The Labute approximate surface area is 180 Å². The third kappa shape index (κ3) is 4.21. The first-order valence-corrected chi connectivity index (χ1v) is 9.91. The third-order valence-corrected chi connectivity index (χ3v) is 4.95. The molecule has 2 aromatic heterocycles. The fraction of sp³-hybridized carbons (Fsp3) is 0.208. The number of methoxy groups -OCH3 is 1. The summed E-state index contributed by atoms with van der Waals surface area (Å²) in [6, 6.07) is 16.8. The Morgan fingerprint density at radius 1 is 1.06 bits per heavy atom. The average molecular weight is 416 g/mol. The summed E-state index contributed by atoms with van der Waals surface area (Å²) in [5, 5.41) is 3.85. The molecule has 0 atom stereocenters. The lowest BCUT2D eigenvalue weighted by atomic mass is 9.87. The minimum Gasteiger partial charge on any atom is -0.495 e. The highest BCUT2D eigenvalue weighted by Crippen LogP contribution is 2.32. The smallest absolute Gasteiger partial charge is 0.275 e. The molecule has 1 amide bonds. The molecular weight excluding hydrogens is 392 g/mol. The van der Waals surface area contributed by atoms with E-state index in [9.17, 15) is 4.79 Å². The number of carbonyl (C=O) groups is 1. The van der Waals surface area contributed by atoms with Crippen molar-refractivity contribution >= 4 is 22.5 Å². The molecule has 0 unspecified atom stereocenters. The molecule has 0 spiro atoms. The van der Waals surface area contributed by atoms with Gasteiger partial charge in [0.1, 0.15) is 17.8 Å². The van der Waals surface area contributed by atoms with E-state index in [-0.39, 0.29) is 11.3 Å². The Bertz CT molecular complexity index is 1230. The van der Waals surface area contributed by atoms with Crippen LogP contribution < -0.4 is 14.9 Å². The van der Waals surface area contributed by atoms with Crippen LogP contribution in [0.1, 0.15) is 36.8 Å². The van der Waals surface area contributed by atoms with Crippen LogP contribution >= 0.6 is 0 Å². The molecule has 0 aliphatic rings. The standard InChI is InChI=1S/C24H24N4O3/c1-24(2,3)17-9-10-21(30-4)18(14-17)27-23(29)20-13-16-7-5-6-8-19(16)28(20)31-22-11-12-25-15-26-22/h5-15H,1-4H3,(H,27,29). The van der Waals surface area contributed by atoms with Crippen LogP contribution in [-0.2, 0) is 5.41 Å². The van der Waals surface area contributed by atoms with Crippen molar-refractivity contribution in [3.8, 4) is 11.6 Å². The number of para-hydroxylation sites is 1. The second kappa shape index (κ2) is 8.10. The van der Waals surface area contributed by atoms with E-state index in [1.165, 1.54) is 11.1 Å². The van der Waals surface area contributed by atoms with Gasteiger partial charge in [0.05, 0.1) is 18.3 Å². The summed E-state index contributed by atoms with van der Waals surface area (Å²) in [5.41, 5.74) is 2.70. The molecule has 2 aromatic carbocycles. The van der Waals surface area contributed by atoms with Gasteiger partial charge in [-0.25, -0.2) is 4.98 Å². The molecule has 0 fully saturated rings. The van der Waals surface area contributed by atoms with Crippen LogP contribution in [0.5, 0.6) is 11.6 Å². The van der Waals surface area contributed by atoms with Crippen molar-refractivity contribution in [2.45, 2.75) is 26.2 Å². The fourth-order valence-electron chi connectivity index (χ4n) is 3.27. The van der Waals surface area contributed by atoms with E-state index in [0.29, 0.717) is 23.0 Å². The zero-order valence-electron chi connectivity index (χ0n) is 17.9. The van der Waals surface area contributed by atoms with Gasteiger partial charge in [0.2, 0.25) is 5.88 Å². The Hall–Kier alpha value is -3.87. The maximum absolute atomic E-state index is 13.3. The molecule has 1 N–H and O–H groups in total. The first-order valence-electron chi connectivity index (χ1n) is 9.91. The van der Waals surface area contributed by atoms with Crippen LogP contribution in [0.2, 0.25) is 0 Å². The zero-order valence-corrected chi connectivity index (χ0v) is 17.9. The van der Waals surface area contributed by atoms with Gasteiger partial charge in [-0.1, -0.05) is 45.0 Å². The van der Waals surface area contributed by atoms with Crippen LogP contribution in [0.4, 0.5) is 5.69 Å². The van der Waals surface area contributed by atoms with Gasteiger partial charge in [-0.3, -0.25) is 4.79 Å². The summed E-state index contributed by atoms with van der Waals surface area (Å²) in [6.45, 7) is 6.36. The van der Waals surface area contributed by atoms with E-state index in [1.807, 2.05) is 42.5 Å². The van der Waals surface area contributed by atoms with Gasteiger partial charge in [-0.05, 0) is 35.2 Å². The summed E-state index contributed by atoms with van der Waals surface area (Å²) in [7, 11) is 1.58. The number of nitrogens with one attached hydrogen (secondary N) is 1. The van der Waals surface area contributed by atoms with E-state index < -0.39 is 0 Å². The summed E-state index contributed by atoms with van der Waals surface area (Å²) in [4.78, 5) is 27.3. The number of benzene rings is 2. The Morgan fingerprint density at radius 2 is 1.87 bits per heavy atom. The van der Waals surface area contributed by atoms with Crippen LogP contribution in [0.15, 0.2) is 67.1 Å². The fourth-order valence-corrected chi connectivity index (χ4v) is 3.27. The molecule has 4 aromatic rings. The van der Waals surface area contributed by atoms with Gasteiger partial charge in [0.25, 0.3) is 5.91 Å². The van der Waals surface area contributed by atoms with Crippen molar-refractivity contribution in [3.05, 3.63) is 78.4 Å². The molecule has 0 saturated heterocycles. The molecule has 0 saturated carbocycles. The largest absolute Gasteiger partial charge is 0.495 e. The molecule has 4 rings (SSSR count). The molecule has 0 bridgehead atoms. The van der Waals surface area contributed by atoms with Gasteiger partial charge in [0, 0.05) is 17.6 Å². The maximum atomic E-state index is 13.3. The molecule has 0 radical (unpaired) electrons. The molecule has 0 aliphatic carbocycles. The summed E-state index contributed by atoms with van der Waals surface area (Å²) < 4.78 is 6.94. The monoisotopic (exact) mass is 416 g/mol. The number of hydrogen-bond acceptors (Lipinski definition) is 5. The third-order valence-electron chi connectivity index (χ3n) is 4.95. The van der Waals surface area contributed by atoms with Gasteiger partial charge in [-0.2, -0.15) is 9.71 Å². The first kappa shape index (κ1) is 20.4. The van der Waals surface area contributed by atoms with E-state index in [1.54, 1.807) is 25.4 Å². The maximum Gasteiger partial charge on any atom is 0.275 e. The van der Waals surface area contributed by atoms with E-state index >= 15 is 0 Å². The lowest BCUT2D eigenvalue weighted by Crippen LogP contribution is -2.20. The molecular formula is C24H24N4O3. The minimum atomic E-state index is -0.324. The SMILES string of the molecule is COc1ccc(C(C)(C)C)cc1NC(=O)c1cc2ccccc2n1Oc1ccncn1. The van der Waals surface area contributed by atoms with E-state index in [4.69, 9.17) is 9.57 Å². The van der Waals surface area contributed by atoms with Crippen molar-refractivity contribution < 1.29 is 14.4 Å². The molecule has 2 heterocycles. The highest BCUT2D eigenvalue weighted by atomic mass is 16.7. The Morgan fingerprint density at radius 3 is 2.58 bits per heavy atom. The number of rotatable bonds is 5. The summed E-state index contributed by atoms with van der Waals surface area (Å²) in [5.74, 6) is 0.591. The first-order chi connectivity index (χ1) is 14.9.